The summed E-state index contributed by atoms with van der Waals surface area (Å²) in [6, 6.07) is 5.78. The Morgan fingerprint density at radius 2 is 2.15 bits per heavy atom. The van der Waals surface area contributed by atoms with E-state index in [4.69, 9.17) is 11.6 Å². The minimum atomic E-state index is -0.449. The zero-order chi connectivity index (χ0) is 10.0. The second-order valence-corrected chi connectivity index (χ2v) is 4.73. The first-order valence-corrected chi connectivity index (χ1v) is 5.49. The largest absolute Gasteiger partial charge is 0.292 e. The van der Waals surface area contributed by atoms with Crippen molar-refractivity contribution >= 4 is 40.0 Å². The average molecular weight is 309 g/mol. The zero-order valence-corrected chi connectivity index (χ0v) is 10.4. The zero-order valence-electron chi connectivity index (χ0n) is 7.47. The molecule has 1 nitrogen and oxygen atoms in total. The number of rotatable bonds is 2. The van der Waals surface area contributed by atoms with Gasteiger partial charge in [0.25, 0.3) is 0 Å². The number of hydrogen-bond donors (Lipinski definition) is 0. The lowest BCUT2D eigenvalue weighted by atomic mass is 10.0. The maximum Gasteiger partial charge on any atom is 0.181 e. The fraction of sp³-hybridized carbons (Fsp3) is 0.300. The van der Waals surface area contributed by atoms with E-state index in [1.807, 2.05) is 25.1 Å². The number of ketones is 1. The summed E-state index contributed by atoms with van der Waals surface area (Å²) in [7, 11) is 0. The van der Waals surface area contributed by atoms with E-state index in [9.17, 15) is 4.79 Å². The third-order valence-electron chi connectivity index (χ3n) is 1.83. The number of hydrogen-bond acceptors (Lipinski definition) is 1. The smallest absolute Gasteiger partial charge is 0.181 e. The number of aryl methyl sites for hydroxylation is 1. The van der Waals surface area contributed by atoms with Crippen molar-refractivity contribution in [2.75, 3.05) is 0 Å². The number of alkyl halides is 1. The van der Waals surface area contributed by atoms with E-state index in [-0.39, 0.29) is 5.78 Å². The maximum absolute atomic E-state index is 11.6. The van der Waals surface area contributed by atoms with Crippen LogP contribution in [0, 0.1) is 10.5 Å². The Morgan fingerprint density at radius 3 is 2.62 bits per heavy atom. The summed E-state index contributed by atoms with van der Waals surface area (Å²) >= 11 is 7.91. The molecule has 0 aliphatic carbocycles. The van der Waals surface area contributed by atoms with Crippen molar-refractivity contribution in [2.24, 2.45) is 0 Å². The Balaban J connectivity index is 3.20. The van der Waals surface area contributed by atoms with Crippen LogP contribution in [-0.4, -0.2) is 11.2 Å². The standard InChI is InChI=1S/C10H10ClIO/c1-6-4-3-5-8(12)9(6)10(13)7(2)11/h3-5,7H,1-2H3. The van der Waals surface area contributed by atoms with Crippen molar-refractivity contribution in [1.82, 2.24) is 0 Å². The maximum atomic E-state index is 11.6. The highest BCUT2D eigenvalue weighted by atomic mass is 127. The molecule has 0 spiro atoms. The minimum absolute atomic E-state index is 0.00386. The van der Waals surface area contributed by atoms with Gasteiger partial charge in [-0.2, -0.15) is 0 Å². The molecule has 70 valence electrons. The van der Waals surface area contributed by atoms with Gasteiger partial charge < -0.3 is 0 Å². The summed E-state index contributed by atoms with van der Waals surface area (Å²) < 4.78 is 0.968. The van der Waals surface area contributed by atoms with Crippen molar-refractivity contribution in [3.63, 3.8) is 0 Å². The molecule has 1 aromatic rings. The van der Waals surface area contributed by atoms with Crippen molar-refractivity contribution in [3.8, 4) is 0 Å². The number of Topliss-reactive ketones (excluding diaryl/α,β-unsaturated/α-hetero) is 1. The Hall–Kier alpha value is -0.0900. The van der Waals surface area contributed by atoms with E-state index < -0.39 is 5.38 Å². The lowest BCUT2D eigenvalue weighted by molar-refractivity contribution is 0.0990. The van der Waals surface area contributed by atoms with Gasteiger partial charge >= 0.3 is 0 Å². The van der Waals surface area contributed by atoms with Gasteiger partial charge in [-0.1, -0.05) is 12.1 Å². The summed E-state index contributed by atoms with van der Waals surface area (Å²) in [6.07, 6.45) is 0. The highest BCUT2D eigenvalue weighted by molar-refractivity contribution is 14.1. The predicted molar refractivity (Wildman–Crippen MR) is 63.5 cm³/mol. The lowest BCUT2D eigenvalue weighted by Gasteiger charge is -2.08. The van der Waals surface area contributed by atoms with Crippen LogP contribution in [0.3, 0.4) is 0 Å². The number of carbonyl (C=O) groups is 1. The van der Waals surface area contributed by atoms with Crippen molar-refractivity contribution < 1.29 is 4.79 Å². The molecule has 0 aliphatic heterocycles. The van der Waals surface area contributed by atoms with Crippen LogP contribution >= 0.6 is 34.2 Å². The highest BCUT2D eigenvalue weighted by Crippen LogP contribution is 2.19. The Bertz CT molecular complexity index is 313. The summed E-state index contributed by atoms with van der Waals surface area (Å²) in [6.45, 7) is 3.63. The monoisotopic (exact) mass is 308 g/mol. The number of benzene rings is 1. The van der Waals surface area contributed by atoms with E-state index in [0.29, 0.717) is 0 Å². The second-order valence-electron chi connectivity index (χ2n) is 2.91. The van der Waals surface area contributed by atoms with E-state index in [1.165, 1.54) is 0 Å². The van der Waals surface area contributed by atoms with Crippen LogP contribution in [0.4, 0.5) is 0 Å². The average Bonchev–Trinajstić information content (AvgIpc) is 2.03. The van der Waals surface area contributed by atoms with Crippen LogP contribution in [0.5, 0.6) is 0 Å². The van der Waals surface area contributed by atoms with Gasteiger partial charge in [-0.3, -0.25) is 4.79 Å². The second kappa shape index (κ2) is 4.42. The third kappa shape index (κ3) is 2.44. The first kappa shape index (κ1) is 11.0. The van der Waals surface area contributed by atoms with Gasteiger partial charge in [0.1, 0.15) is 0 Å². The molecule has 13 heavy (non-hydrogen) atoms. The summed E-state index contributed by atoms with van der Waals surface area (Å²) in [5.74, 6) is 0.00386. The lowest BCUT2D eigenvalue weighted by Crippen LogP contribution is -2.13. The molecule has 1 unspecified atom stereocenters. The van der Waals surface area contributed by atoms with Crippen LogP contribution in [0.2, 0.25) is 0 Å². The predicted octanol–water partition coefficient (Wildman–Crippen LogP) is 3.41. The Morgan fingerprint density at radius 1 is 1.54 bits per heavy atom. The van der Waals surface area contributed by atoms with Crippen LogP contribution in [0.25, 0.3) is 0 Å². The summed E-state index contributed by atoms with van der Waals surface area (Å²) in [4.78, 5) is 11.6. The van der Waals surface area contributed by atoms with Crippen molar-refractivity contribution in [2.45, 2.75) is 19.2 Å². The molecular weight excluding hydrogens is 298 g/mol. The van der Waals surface area contributed by atoms with Crippen LogP contribution in [0.1, 0.15) is 22.8 Å². The molecule has 3 heteroatoms. The molecule has 0 N–H and O–H groups in total. The van der Waals surface area contributed by atoms with Gasteiger partial charge in [0.2, 0.25) is 0 Å². The first-order valence-electron chi connectivity index (χ1n) is 3.97. The third-order valence-corrected chi connectivity index (χ3v) is 2.93. The van der Waals surface area contributed by atoms with Crippen molar-refractivity contribution in [3.05, 3.63) is 32.9 Å². The molecule has 1 rings (SSSR count). The molecule has 0 bridgehead atoms. The number of halogens is 2. The van der Waals surface area contributed by atoms with Gasteiger partial charge in [-0.25, -0.2) is 0 Å². The SMILES string of the molecule is Cc1cccc(I)c1C(=O)C(C)Cl. The summed E-state index contributed by atoms with van der Waals surface area (Å²) in [5.41, 5.74) is 1.75. The number of carbonyl (C=O) groups excluding carboxylic acids is 1. The van der Waals surface area contributed by atoms with E-state index in [1.54, 1.807) is 6.92 Å². The molecule has 0 heterocycles. The molecule has 0 fully saturated rings. The van der Waals surface area contributed by atoms with Gasteiger partial charge in [-0.05, 0) is 48.1 Å². The molecule has 0 saturated carbocycles. The fourth-order valence-electron chi connectivity index (χ4n) is 1.14. The molecule has 0 radical (unpaired) electrons. The molecule has 0 amide bonds. The van der Waals surface area contributed by atoms with E-state index >= 15 is 0 Å². The van der Waals surface area contributed by atoms with Gasteiger partial charge in [0.05, 0.1) is 5.38 Å². The first-order chi connectivity index (χ1) is 6.04. The van der Waals surface area contributed by atoms with E-state index in [0.717, 1.165) is 14.7 Å². The molecule has 1 aromatic carbocycles. The van der Waals surface area contributed by atoms with Crippen LogP contribution in [0.15, 0.2) is 18.2 Å². The van der Waals surface area contributed by atoms with Crippen LogP contribution < -0.4 is 0 Å². The van der Waals surface area contributed by atoms with Crippen LogP contribution in [-0.2, 0) is 0 Å². The topological polar surface area (TPSA) is 17.1 Å². The van der Waals surface area contributed by atoms with Crippen molar-refractivity contribution in [1.29, 1.82) is 0 Å². The minimum Gasteiger partial charge on any atom is -0.292 e. The normalized spacial score (nSPS) is 12.6. The fourth-order valence-corrected chi connectivity index (χ4v) is 2.15. The molecule has 0 saturated heterocycles. The van der Waals surface area contributed by atoms with Gasteiger partial charge in [0, 0.05) is 9.13 Å². The molecule has 1 atom stereocenters. The summed E-state index contributed by atoms with van der Waals surface area (Å²) in [5, 5.41) is -0.449. The highest BCUT2D eigenvalue weighted by Gasteiger charge is 2.16. The Labute approximate surface area is 96.6 Å². The molecule has 0 aliphatic rings. The van der Waals surface area contributed by atoms with Gasteiger partial charge in [-0.15, -0.1) is 11.6 Å². The van der Waals surface area contributed by atoms with E-state index in [2.05, 4.69) is 22.6 Å². The quantitative estimate of drug-likeness (QED) is 0.465. The Kier molecular flexibility index (Phi) is 3.74. The molecule has 0 aromatic heterocycles. The molecular formula is C10H10ClIO. The van der Waals surface area contributed by atoms with Gasteiger partial charge in [0.15, 0.2) is 5.78 Å².